The van der Waals surface area contributed by atoms with Gasteiger partial charge in [-0.1, -0.05) is 13.8 Å². The Kier molecular flexibility index (Phi) is 9.77. The van der Waals surface area contributed by atoms with E-state index in [1.807, 2.05) is 0 Å². The summed E-state index contributed by atoms with van der Waals surface area (Å²) in [5.74, 6) is -9.35. The molecule has 3 fully saturated rings. The molecule has 0 amide bonds. The number of pyridine rings is 1. The van der Waals surface area contributed by atoms with Crippen LogP contribution in [-0.4, -0.2) is 123 Å². The first-order valence-electron chi connectivity index (χ1n) is 16.4. The minimum absolute atomic E-state index is 0.00700. The van der Waals surface area contributed by atoms with Gasteiger partial charge in [0, 0.05) is 45.7 Å². The van der Waals surface area contributed by atoms with Crippen molar-refractivity contribution in [3.05, 3.63) is 29.6 Å². The molecule has 2 saturated carbocycles. The number of aliphatic hydroxyl groups excluding tert-OH is 2. The Bertz CT molecular complexity index is 1630. The number of rotatable bonds is 5. The predicted octanol–water partition coefficient (Wildman–Crippen LogP) is -0.108. The number of cyclic esters (lactones) is 1. The summed E-state index contributed by atoms with van der Waals surface area (Å²) < 4.78 is 41.1. The number of hydrogen-bond donors (Lipinski definition) is 3. The van der Waals surface area contributed by atoms with Gasteiger partial charge in [0.1, 0.15) is 47.6 Å². The highest BCUT2D eigenvalue weighted by molar-refractivity contribution is 5.91. The van der Waals surface area contributed by atoms with Crippen molar-refractivity contribution in [3.8, 4) is 0 Å². The van der Waals surface area contributed by atoms with Crippen LogP contribution >= 0.6 is 0 Å². The van der Waals surface area contributed by atoms with Crippen LogP contribution in [0.1, 0.15) is 77.4 Å². The molecule has 0 radical (unpaired) electrons. The Hall–Kier alpha value is -4.19. The van der Waals surface area contributed by atoms with Gasteiger partial charge in [-0.2, -0.15) is 0 Å². The van der Waals surface area contributed by atoms with E-state index in [-0.39, 0.29) is 11.3 Å². The monoisotopic (exact) mass is 721 g/mol. The second-order valence-electron chi connectivity index (χ2n) is 14.2. The van der Waals surface area contributed by atoms with Crippen LogP contribution in [0.5, 0.6) is 0 Å². The fraction of sp³-hybridized carbons (Fsp3) is 0.676. The highest BCUT2D eigenvalue weighted by atomic mass is 16.7. The zero-order valence-corrected chi connectivity index (χ0v) is 29.4. The Balaban J connectivity index is 1.91. The van der Waals surface area contributed by atoms with Crippen LogP contribution in [0.3, 0.4) is 0 Å². The van der Waals surface area contributed by atoms with Crippen LogP contribution in [0.25, 0.3) is 0 Å². The van der Waals surface area contributed by atoms with Gasteiger partial charge in [-0.15, -0.1) is 0 Å². The molecule has 13 unspecified atom stereocenters. The lowest BCUT2D eigenvalue weighted by molar-refractivity contribution is -0.386. The maximum atomic E-state index is 14.1. The van der Waals surface area contributed by atoms with Gasteiger partial charge in [0.2, 0.25) is 0 Å². The van der Waals surface area contributed by atoms with E-state index >= 15 is 0 Å². The first-order valence-corrected chi connectivity index (χ1v) is 16.4. The van der Waals surface area contributed by atoms with Gasteiger partial charge in [0.15, 0.2) is 18.3 Å². The summed E-state index contributed by atoms with van der Waals surface area (Å²) in [6.07, 6.45) is -10.6. The quantitative estimate of drug-likeness (QED) is 0.265. The molecule has 13 atom stereocenters. The van der Waals surface area contributed by atoms with E-state index in [0.29, 0.717) is 0 Å². The van der Waals surface area contributed by atoms with Gasteiger partial charge in [0.05, 0.1) is 23.3 Å². The third-order valence-corrected chi connectivity index (χ3v) is 10.9. The summed E-state index contributed by atoms with van der Waals surface area (Å²) in [7, 11) is 0. The maximum Gasteiger partial charge on any atom is 0.340 e. The number of fused-ring (bicyclic) bond motifs is 5. The number of ether oxygens (including phenoxy) is 7. The summed E-state index contributed by atoms with van der Waals surface area (Å²) in [5.41, 5.74) is -9.73. The summed E-state index contributed by atoms with van der Waals surface area (Å²) in [6.45, 7) is 7.82. The standard InChI is InChI=1S/C34H43NO16/c1-14-15(2)29(42)50-27-24(47-17(4)37)28(49-19(6)39)33(13-45-16(3)36)26(48-18(5)38)23(40)21-25(41)34(33,32(27,8)44)51-31(21,7)12-46-30(43)20-10-9-11-35-22(14)20/h9-11,14-15,21,23-28,40-41,44H,12-13H2,1-8H3. The van der Waals surface area contributed by atoms with Crippen molar-refractivity contribution in [1.82, 2.24) is 4.98 Å². The van der Waals surface area contributed by atoms with Crippen molar-refractivity contribution in [2.75, 3.05) is 13.2 Å². The molecule has 4 aliphatic rings. The van der Waals surface area contributed by atoms with Gasteiger partial charge in [-0.05, 0) is 26.0 Å². The first kappa shape index (κ1) is 38.1. The minimum Gasteiger partial charge on any atom is -0.465 e. The average Bonchev–Trinajstić information content (AvgIpc) is 3.25. The molecule has 3 heterocycles. The minimum atomic E-state index is -2.74. The molecule has 3 N–H and O–H groups in total. The molecule has 4 bridgehead atoms. The molecule has 1 aromatic heterocycles. The lowest BCUT2D eigenvalue weighted by Gasteiger charge is -2.67. The molecule has 2 aliphatic carbocycles. The third kappa shape index (κ3) is 5.64. The van der Waals surface area contributed by atoms with E-state index in [1.165, 1.54) is 32.2 Å². The van der Waals surface area contributed by atoms with E-state index < -0.39 is 126 Å². The Morgan fingerprint density at radius 2 is 1.53 bits per heavy atom. The molecule has 2 aliphatic heterocycles. The zero-order valence-electron chi connectivity index (χ0n) is 29.4. The largest absolute Gasteiger partial charge is 0.465 e. The van der Waals surface area contributed by atoms with Gasteiger partial charge in [-0.3, -0.25) is 29.0 Å². The number of hydrogen-bond acceptors (Lipinski definition) is 17. The molecule has 17 heteroatoms. The number of aromatic nitrogens is 1. The lowest BCUT2D eigenvalue weighted by atomic mass is 9.45. The molecule has 280 valence electrons. The zero-order chi connectivity index (χ0) is 38.0. The van der Waals surface area contributed by atoms with Gasteiger partial charge in [-0.25, -0.2) is 4.79 Å². The number of nitrogens with zero attached hydrogens (tertiary/aromatic N) is 1. The van der Waals surface area contributed by atoms with Crippen molar-refractivity contribution >= 4 is 35.8 Å². The smallest absolute Gasteiger partial charge is 0.340 e. The summed E-state index contributed by atoms with van der Waals surface area (Å²) in [6, 6.07) is 2.92. The van der Waals surface area contributed by atoms with Crippen molar-refractivity contribution in [1.29, 1.82) is 0 Å². The molecule has 17 nitrogen and oxygen atoms in total. The number of carbonyl (C=O) groups is 6. The van der Waals surface area contributed by atoms with E-state index in [1.54, 1.807) is 6.92 Å². The third-order valence-electron chi connectivity index (χ3n) is 10.9. The second kappa shape index (κ2) is 13.1. The van der Waals surface area contributed by atoms with Crippen molar-refractivity contribution in [3.63, 3.8) is 0 Å². The molecule has 1 aromatic rings. The number of esters is 6. The van der Waals surface area contributed by atoms with Crippen molar-refractivity contribution in [2.45, 2.75) is 115 Å². The Labute approximate surface area is 292 Å². The topological polar surface area (TPSA) is 241 Å². The number of carbonyl (C=O) groups excluding carboxylic acids is 6. The normalized spacial score (nSPS) is 41.6. The first-order chi connectivity index (χ1) is 23.7. The maximum absolute atomic E-state index is 14.1. The van der Waals surface area contributed by atoms with Crippen LogP contribution < -0.4 is 0 Å². The fourth-order valence-electron chi connectivity index (χ4n) is 8.67. The van der Waals surface area contributed by atoms with Crippen LogP contribution in [0.15, 0.2) is 18.3 Å². The molecule has 5 rings (SSSR count). The summed E-state index contributed by atoms with van der Waals surface area (Å²) in [4.78, 5) is 83.0. The van der Waals surface area contributed by atoms with E-state index in [2.05, 4.69) is 4.98 Å². The molecular formula is C34H43NO16. The lowest BCUT2D eigenvalue weighted by Crippen LogP contribution is -2.88. The molecule has 0 aromatic carbocycles. The summed E-state index contributed by atoms with van der Waals surface area (Å²) in [5, 5.41) is 37.6. The predicted molar refractivity (Wildman–Crippen MR) is 166 cm³/mol. The van der Waals surface area contributed by atoms with Crippen molar-refractivity contribution < 1.29 is 77.2 Å². The molecule has 51 heavy (non-hydrogen) atoms. The van der Waals surface area contributed by atoms with Gasteiger partial charge in [0.25, 0.3) is 0 Å². The molecule has 1 saturated heterocycles. The van der Waals surface area contributed by atoms with Crippen LogP contribution in [0.4, 0.5) is 0 Å². The average molecular weight is 722 g/mol. The van der Waals surface area contributed by atoms with Crippen molar-refractivity contribution in [2.24, 2.45) is 17.3 Å². The highest BCUT2D eigenvalue weighted by Crippen LogP contribution is 2.69. The highest BCUT2D eigenvalue weighted by Gasteiger charge is 2.90. The Morgan fingerprint density at radius 3 is 2.12 bits per heavy atom. The Morgan fingerprint density at radius 1 is 0.922 bits per heavy atom. The molecule has 1 spiro atoms. The SMILES string of the molecule is CC(=O)OCC12C(OC(C)=O)C(O)C3C(O)C14OC3(C)COC(=O)c1cccnc1C(C)C(C)C(=O)OC(C(OC(C)=O)C2OC(C)=O)C4(C)O. The van der Waals surface area contributed by atoms with E-state index in [9.17, 15) is 44.1 Å². The molecular weight excluding hydrogens is 678 g/mol. The van der Waals surface area contributed by atoms with Crippen LogP contribution in [0.2, 0.25) is 0 Å². The van der Waals surface area contributed by atoms with E-state index in [4.69, 9.17) is 33.2 Å². The van der Waals surface area contributed by atoms with E-state index in [0.717, 1.165) is 34.6 Å². The fourth-order valence-corrected chi connectivity index (χ4v) is 8.67. The van der Waals surface area contributed by atoms with Crippen LogP contribution in [-0.2, 0) is 57.1 Å². The van der Waals surface area contributed by atoms with Gasteiger partial charge < -0.3 is 48.5 Å². The van der Waals surface area contributed by atoms with Gasteiger partial charge >= 0.3 is 35.8 Å². The number of aliphatic hydroxyl groups is 3. The summed E-state index contributed by atoms with van der Waals surface area (Å²) >= 11 is 0. The van der Waals surface area contributed by atoms with Crippen LogP contribution in [0, 0.1) is 17.3 Å². The second-order valence-corrected chi connectivity index (χ2v) is 14.2.